The topological polar surface area (TPSA) is 91.9 Å². The van der Waals surface area contributed by atoms with Crippen LogP contribution < -0.4 is 10.6 Å². The Labute approximate surface area is 169 Å². The summed E-state index contributed by atoms with van der Waals surface area (Å²) in [6.45, 7) is 1.87. The fraction of sp³-hybridized carbons (Fsp3) is 0.409. The number of hydrogen-bond acceptors (Lipinski definition) is 5. The van der Waals surface area contributed by atoms with Crippen molar-refractivity contribution in [1.29, 1.82) is 0 Å². The molecule has 1 atom stereocenters. The standard InChI is InChI=1S/C22H25N5O2/c1-29-13-22(7-9-23-12-22)21(28)25-16-4-5-18-17(11-16)20(27-26-18)15-6-8-24-19(10-15)14-2-3-14/h4-6,8,10-11,14,23H,2-3,7,9,12-13H2,1H3,(H,25,28)(H,26,27). The number of pyridine rings is 1. The van der Waals surface area contributed by atoms with Crippen molar-refractivity contribution in [2.75, 3.05) is 32.1 Å². The van der Waals surface area contributed by atoms with Crippen LogP contribution in [0.4, 0.5) is 5.69 Å². The van der Waals surface area contributed by atoms with Gasteiger partial charge in [0.1, 0.15) is 5.69 Å². The number of H-pyrrole nitrogens is 1. The van der Waals surface area contributed by atoms with Gasteiger partial charge in [-0.3, -0.25) is 14.9 Å². The average Bonchev–Trinajstić information content (AvgIpc) is 3.33. The van der Waals surface area contributed by atoms with Gasteiger partial charge in [-0.1, -0.05) is 0 Å². The third-order valence-electron chi connectivity index (χ3n) is 6.02. The van der Waals surface area contributed by atoms with E-state index in [0.717, 1.165) is 46.5 Å². The minimum atomic E-state index is -0.521. The Hall–Kier alpha value is -2.77. The number of carbonyl (C=O) groups is 1. The number of benzene rings is 1. The molecule has 2 aromatic heterocycles. The third-order valence-corrected chi connectivity index (χ3v) is 6.02. The SMILES string of the molecule is COCC1(C(=O)Nc2ccc3[nH]nc(-c4ccnc(C5CC5)c4)c3c2)CCNC1. The van der Waals surface area contributed by atoms with Gasteiger partial charge in [-0.2, -0.15) is 5.10 Å². The summed E-state index contributed by atoms with van der Waals surface area (Å²) in [4.78, 5) is 17.5. The van der Waals surface area contributed by atoms with Crippen LogP contribution >= 0.6 is 0 Å². The Balaban J connectivity index is 1.45. The van der Waals surface area contributed by atoms with Gasteiger partial charge in [0, 0.05) is 48.1 Å². The van der Waals surface area contributed by atoms with Crippen molar-refractivity contribution >= 4 is 22.5 Å². The number of nitrogens with one attached hydrogen (secondary N) is 3. The van der Waals surface area contributed by atoms with Crippen LogP contribution in [-0.2, 0) is 9.53 Å². The van der Waals surface area contributed by atoms with E-state index in [2.05, 4.69) is 31.9 Å². The maximum Gasteiger partial charge on any atom is 0.234 e. The van der Waals surface area contributed by atoms with Gasteiger partial charge in [0.2, 0.25) is 5.91 Å². The van der Waals surface area contributed by atoms with E-state index in [0.29, 0.717) is 19.1 Å². The smallest absolute Gasteiger partial charge is 0.234 e. The fourth-order valence-corrected chi connectivity index (χ4v) is 4.18. The number of methoxy groups -OCH3 is 1. The predicted molar refractivity (Wildman–Crippen MR) is 112 cm³/mol. The van der Waals surface area contributed by atoms with E-state index in [4.69, 9.17) is 4.74 Å². The number of aromatic amines is 1. The van der Waals surface area contributed by atoms with Crippen LogP contribution in [0.2, 0.25) is 0 Å². The molecule has 150 valence electrons. The monoisotopic (exact) mass is 391 g/mol. The summed E-state index contributed by atoms with van der Waals surface area (Å²) < 4.78 is 5.34. The largest absolute Gasteiger partial charge is 0.384 e. The predicted octanol–water partition coefficient (Wildman–Crippen LogP) is 3.07. The van der Waals surface area contributed by atoms with Crippen LogP contribution in [0.1, 0.15) is 30.9 Å². The summed E-state index contributed by atoms with van der Waals surface area (Å²) in [7, 11) is 1.64. The van der Waals surface area contributed by atoms with Crippen molar-refractivity contribution < 1.29 is 9.53 Å². The molecule has 3 heterocycles. The van der Waals surface area contributed by atoms with Gasteiger partial charge in [-0.15, -0.1) is 0 Å². The Bertz CT molecular complexity index is 1050. The molecule has 1 aliphatic carbocycles. The van der Waals surface area contributed by atoms with Crippen molar-refractivity contribution in [3.63, 3.8) is 0 Å². The molecule has 0 radical (unpaired) electrons. The maximum absolute atomic E-state index is 13.0. The Morgan fingerprint density at radius 2 is 2.21 bits per heavy atom. The second-order valence-corrected chi connectivity index (χ2v) is 8.17. The van der Waals surface area contributed by atoms with Gasteiger partial charge in [-0.05, 0) is 56.1 Å². The van der Waals surface area contributed by atoms with Gasteiger partial charge >= 0.3 is 0 Å². The molecule has 0 bridgehead atoms. The van der Waals surface area contributed by atoms with E-state index < -0.39 is 5.41 Å². The number of carbonyl (C=O) groups excluding carboxylic acids is 1. The number of fused-ring (bicyclic) bond motifs is 1. The van der Waals surface area contributed by atoms with Gasteiger partial charge in [0.15, 0.2) is 0 Å². The summed E-state index contributed by atoms with van der Waals surface area (Å²) in [5.41, 5.74) is 4.26. The van der Waals surface area contributed by atoms with E-state index in [1.807, 2.05) is 30.5 Å². The summed E-state index contributed by atoms with van der Waals surface area (Å²) >= 11 is 0. The Kier molecular flexibility index (Phi) is 4.56. The van der Waals surface area contributed by atoms with Crippen LogP contribution in [0.5, 0.6) is 0 Å². The third kappa shape index (κ3) is 3.41. The number of aromatic nitrogens is 3. The molecule has 0 spiro atoms. The molecule has 5 rings (SSSR count). The summed E-state index contributed by atoms with van der Waals surface area (Å²) in [5.74, 6) is 0.584. The Morgan fingerprint density at radius 3 is 2.97 bits per heavy atom. The molecule has 1 aromatic carbocycles. The summed E-state index contributed by atoms with van der Waals surface area (Å²) in [6.07, 6.45) is 5.06. The van der Waals surface area contributed by atoms with Crippen molar-refractivity contribution in [3.05, 3.63) is 42.2 Å². The molecule has 7 heteroatoms. The number of rotatable bonds is 6. The average molecular weight is 391 g/mol. The number of ether oxygens (including phenoxy) is 1. The lowest BCUT2D eigenvalue weighted by Gasteiger charge is -2.26. The molecule has 7 nitrogen and oxygen atoms in total. The molecular formula is C22H25N5O2. The first kappa shape index (κ1) is 18.3. The molecule has 3 N–H and O–H groups in total. The minimum absolute atomic E-state index is 0.00586. The van der Waals surface area contributed by atoms with E-state index in [1.54, 1.807) is 7.11 Å². The molecule has 2 aliphatic rings. The van der Waals surface area contributed by atoms with Gasteiger partial charge in [0.25, 0.3) is 0 Å². The van der Waals surface area contributed by atoms with E-state index in [9.17, 15) is 4.79 Å². The lowest BCUT2D eigenvalue weighted by atomic mass is 9.87. The quantitative estimate of drug-likeness (QED) is 0.601. The van der Waals surface area contributed by atoms with Crippen molar-refractivity contribution in [3.8, 4) is 11.3 Å². The normalized spacial score (nSPS) is 21.6. The fourth-order valence-electron chi connectivity index (χ4n) is 4.18. The van der Waals surface area contributed by atoms with E-state index in [-0.39, 0.29) is 5.91 Å². The second kappa shape index (κ2) is 7.24. The molecule has 1 unspecified atom stereocenters. The molecule has 29 heavy (non-hydrogen) atoms. The number of anilines is 1. The van der Waals surface area contributed by atoms with Crippen LogP contribution in [0.3, 0.4) is 0 Å². The molecule has 2 fully saturated rings. The zero-order chi connectivity index (χ0) is 19.8. The number of nitrogens with zero attached hydrogens (tertiary/aromatic N) is 2. The molecule has 1 saturated carbocycles. The van der Waals surface area contributed by atoms with Gasteiger partial charge < -0.3 is 15.4 Å². The maximum atomic E-state index is 13.0. The highest BCUT2D eigenvalue weighted by Gasteiger charge is 2.41. The molecular weight excluding hydrogens is 366 g/mol. The highest BCUT2D eigenvalue weighted by Crippen LogP contribution is 2.40. The van der Waals surface area contributed by atoms with Crippen LogP contribution in [0, 0.1) is 5.41 Å². The lowest BCUT2D eigenvalue weighted by molar-refractivity contribution is -0.127. The zero-order valence-corrected chi connectivity index (χ0v) is 16.5. The summed E-state index contributed by atoms with van der Waals surface area (Å²) in [5, 5.41) is 15.0. The highest BCUT2D eigenvalue weighted by atomic mass is 16.5. The zero-order valence-electron chi connectivity index (χ0n) is 16.5. The summed E-state index contributed by atoms with van der Waals surface area (Å²) in [6, 6.07) is 9.99. The highest BCUT2D eigenvalue weighted by molar-refractivity contribution is 6.00. The number of amides is 1. The van der Waals surface area contributed by atoms with E-state index >= 15 is 0 Å². The molecule has 1 amide bonds. The molecule has 3 aromatic rings. The van der Waals surface area contributed by atoms with Crippen molar-refractivity contribution in [2.24, 2.45) is 5.41 Å². The minimum Gasteiger partial charge on any atom is -0.384 e. The number of hydrogen-bond donors (Lipinski definition) is 3. The molecule has 1 saturated heterocycles. The van der Waals surface area contributed by atoms with Gasteiger partial charge in [-0.25, -0.2) is 0 Å². The van der Waals surface area contributed by atoms with Gasteiger partial charge in [0.05, 0.1) is 17.5 Å². The van der Waals surface area contributed by atoms with Crippen molar-refractivity contribution in [1.82, 2.24) is 20.5 Å². The first-order valence-electron chi connectivity index (χ1n) is 10.1. The first-order valence-corrected chi connectivity index (χ1v) is 10.1. The second-order valence-electron chi connectivity index (χ2n) is 8.17. The molecule has 1 aliphatic heterocycles. The lowest BCUT2D eigenvalue weighted by Crippen LogP contribution is -2.41. The van der Waals surface area contributed by atoms with E-state index in [1.165, 1.54) is 12.8 Å². The van der Waals surface area contributed by atoms with Crippen LogP contribution in [0.15, 0.2) is 36.5 Å². The van der Waals surface area contributed by atoms with Crippen LogP contribution in [0.25, 0.3) is 22.2 Å². The van der Waals surface area contributed by atoms with Crippen molar-refractivity contribution in [2.45, 2.75) is 25.2 Å². The van der Waals surface area contributed by atoms with Crippen LogP contribution in [-0.4, -0.2) is 47.9 Å². The Morgan fingerprint density at radius 1 is 1.31 bits per heavy atom. The first-order chi connectivity index (χ1) is 14.2.